The molecule has 0 spiro atoms. The molecule has 0 saturated heterocycles. The smallest absolute Gasteiger partial charge is 0.384 e. The molecule has 0 aliphatic rings. The van der Waals surface area contributed by atoms with Gasteiger partial charge in [-0.25, -0.2) is 13.1 Å². The molecule has 0 radical (unpaired) electrons. The Hall–Kier alpha value is -4.53. The largest absolute Gasteiger partial charge is 0.418 e. The van der Waals surface area contributed by atoms with E-state index in [2.05, 4.69) is 60.7 Å². The van der Waals surface area contributed by atoms with E-state index in [9.17, 15) is 26.4 Å². The summed E-state index contributed by atoms with van der Waals surface area (Å²) in [4.78, 5) is 15.7. The van der Waals surface area contributed by atoms with E-state index in [1.54, 1.807) is 12.1 Å². The molecule has 0 aliphatic carbocycles. The maximum absolute atomic E-state index is 14.6. The summed E-state index contributed by atoms with van der Waals surface area (Å²) in [7, 11) is -4.67. The second kappa shape index (κ2) is 21.1. The molecule has 0 fully saturated rings. The second-order valence-corrected chi connectivity index (χ2v) is 17.9. The zero-order valence-electron chi connectivity index (χ0n) is 33.5. The third-order valence-electron chi connectivity index (χ3n) is 9.72. The number of hydrogen-bond acceptors (Lipinski definition) is 8. The molecule has 4 N–H and O–H groups in total. The number of benzene rings is 5. The van der Waals surface area contributed by atoms with Crippen LogP contribution in [-0.4, -0.2) is 62.7 Å². The fraction of sp³-hybridized carbons (Fsp3) is 0.311. The van der Waals surface area contributed by atoms with E-state index in [-0.39, 0.29) is 29.4 Å². The Morgan fingerprint density at radius 1 is 0.814 bits per heavy atom. The molecule has 314 valence electrons. The molecule has 1 amide bonds. The topological polar surface area (TPSA) is 103 Å². The van der Waals surface area contributed by atoms with E-state index in [0.29, 0.717) is 55.1 Å². The average Bonchev–Trinajstić information content (AvgIpc) is 3.20. The Balaban J connectivity index is 1.19. The minimum absolute atomic E-state index is 0.0287. The van der Waals surface area contributed by atoms with Gasteiger partial charge in [-0.15, -0.1) is 11.8 Å². The molecule has 0 aromatic heterocycles. The number of sulfonamides is 1. The first-order valence-corrected chi connectivity index (χ1v) is 22.3. The third-order valence-corrected chi connectivity index (χ3v) is 12.5. The number of nitrogens with zero attached hydrogens (tertiary/aromatic N) is 1. The number of anilines is 2. The molecule has 0 aliphatic heterocycles. The lowest BCUT2D eigenvalue weighted by molar-refractivity contribution is -0.137. The van der Waals surface area contributed by atoms with Crippen molar-refractivity contribution >= 4 is 50.7 Å². The van der Waals surface area contributed by atoms with Gasteiger partial charge in [0.25, 0.3) is 15.9 Å². The summed E-state index contributed by atoms with van der Waals surface area (Å²) in [6.07, 6.45) is -4.33. The quantitative estimate of drug-likeness (QED) is 0.0453. The van der Waals surface area contributed by atoms with Crippen molar-refractivity contribution < 1.29 is 26.4 Å². The van der Waals surface area contributed by atoms with Crippen LogP contribution in [-0.2, 0) is 22.7 Å². The van der Waals surface area contributed by atoms with E-state index in [1.807, 2.05) is 71.5 Å². The van der Waals surface area contributed by atoms with Crippen molar-refractivity contribution in [1.29, 1.82) is 0 Å². The first kappa shape index (κ1) is 45.6. The summed E-state index contributed by atoms with van der Waals surface area (Å²) >= 11 is 7.59. The highest BCUT2D eigenvalue weighted by atomic mass is 35.5. The molecule has 0 bridgehead atoms. The van der Waals surface area contributed by atoms with Gasteiger partial charge in [-0.05, 0) is 118 Å². The van der Waals surface area contributed by atoms with Gasteiger partial charge in [0.15, 0.2) is 0 Å². The number of carbonyl (C=O) groups is 1. The SMILES string of the molecule is CC(C)N(CC[C@H](CSc1ccccc1)Nc1ccc(S(=O)(=O)NC(=O)c2ccc(NCCNCc3ccccc3-c3ccc(Cl)cc3)cc2)cc1C(F)(F)F)C(C)C. The maximum atomic E-state index is 14.6. The Bertz CT molecular complexity index is 2220. The fourth-order valence-electron chi connectivity index (χ4n) is 6.68. The number of halogens is 4. The zero-order chi connectivity index (χ0) is 42.6. The number of rotatable bonds is 20. The molecule has 59 heavy (non-hydrogen) atoms. The molecular formula is C45H51ClF3N5O3S2. The molecule has 14 heteroatoms. The molecule has 0 heterocycles. The minimum atomic E-state index is -4.88. The van der Waals surface area contributed by atoms with Crippen LogP contribution < -0.4 is 20.7 Å². The Morgan fingerprint density at radius 3 is 2.14 bits per heavy atom. The summed E-state index contributed by atoms with van der Waals surface area (Å²) in [6.45, 7) is 10.8. The van der Waals surface area contributed by atoms with Gasteiger partial charge in [-0.2, -0.15) is 13.2 Å². The summed E-state index contributed by atoms with van der Waals surface area (Å²) in [5.41, 5.74) is 2.68. The third kappa shape index (κ3) is 13.5. The molecule has 8 nitrogen and oxygen atoms in total. The molecule has 5 aromatic rings. The van der Waals surface area contributed by atoms with Crippen LogP contribution in [0.5, 0.6) is 0 Å². The van der Waals surface area contributed by atoms with Crippen LogP contribution in [0.3, 0.4) is 0 Å². The summed E-state index contributed by atoms with van der Waals surface area (Å²) in [6, 6.07) is 34.5. The van der Waals surface area contributed by atoms with Gasteiger partial charge < -0.3 is 16.0 Å². The summed E-state index contributed by atoms with van der Waals surface area (Å²) in [5.74, 6) is -0.487. The van der Waals surface area contributed by atoms with E-state index < -0.39 is 32.6 Å². The average molecular weight is 867 g/mol. The van der Waals surface area contributed by atoms with Crippen LogP contribution in [0.1, 0.15) is 55.6 Å². The van der Waals surface area contributed by atoms with Crippen LogP contribution >= 0.6 is 23.4 Å². The number of hydrogen-bond donors (Lipinski definition) is 4. The number of thioether (sulfide) groups is 1. The Kier molecular flexibility index (Phi) is 16.3. The van der Waals surface area contributed by atoms with Crippen molar-refractivity contribution in [3.8, 4) is 11.1 Å². The van der Waals surface area contributed by atoms with Gasteiger partial charge in [-0.1, -0.05) is 66.2 Å². The maximum Gasteiger partial charge on any atom is 0.418 e. The fourth-order valence-corrected chi connectivity index (χ4v) is 8.80. The highest BCUT2D eigenvalue weighted by Crippen LogP contribution is 2.37. The lowest BCUT2D eigenvalue weighted by atomic mass is 10.00. The lowest BCUT2D eigenvalue weighted by Crippen LogP contribution is -2.40. The van der Waals surface area contributed by atoms with Crippen LogP contribution in [0.25, 0.3) is 11.1 Å². The summed E-state index contributed by atoms with van der Waals surface area (Å²) in [5, 5.41) is 10.4. The minimum Gasteiger partial charge on any atom is -0.384 e. The standard InChI is InChI=1S/C45H51ClF3N5O3S2/c1-31(2)54(32(3)4)27-24-38(30-58-39-11-6-5-7-12-39)52-43-23-22-40(28-42(43)45(47,48)49)59(56,57)53-44(55)34-16-20-37(21-17-34)51-26-25-50-29-35-10-8-9-13-41(35)33-14-18-36(46)19-15-33/h5-23,28,31-32,38,50-52H,24-27,29-30H2,1-4H3,(H,53,55)/t38-/m1/s1. The van der Waals surface area contributed by atoms with Crippen LogP contribution in [0, 0.1) is 0 Å². The Labute approximate surface area is 355 Å². The number of nitrogens with one attached hydrogen (secondary N) is 4. The predicted octanol–water partition coefficient (Wildman–Crippen LogP) is 10.4. The van der Waals surface area contributed by atoms with Crippen LogP contribution in [0.4, 0.5) is 24.5 Å². The molecule has 5 rings (SSSR count). The van der Waals surface area contributed by atoms with Gasteiger partial charge in [-0.3, -0.25) is 9.69 Å². The number of alkyl halides is 3. The second-order valence-electron chi connectivity index (χ2n) is 14.7. The van der Waals surface area contributed by atoms with Gasteiger partial charge in [0.05, 0.1) is 10.5 Å². The van der Waals surface area contributed by atoms with Crippen molar-refractivity contribution in [3.63, 3.8) is 0 Å². The van der Waals surface area contributed by atoms with Crippen LogP contribution in [0.15, 0.2) is 131 Å². The first-order valence-electron chi connectivity index (χ1n) is 19.5. The number of amides is 1. The first-order chi connectivity index (χ1) is 28.1. The van der Waals surface area contributed by atoms with E-state index in [0.717, 1.165) is 33.7 Å². The van der Waals surface area contributed by atoms with Gasteiger partial charge in [0.2, 0.25) is 0 Å². The molecule has 5 aromatic carbocycles. The van der Waals surface area contributed by atoms with Gasteiger partial charge >= 0.3 is 6.18 Å². The molecule has 0 unspecified atom stereocenters. The van der Waals surface area contributed by atoms with Crippen molar-refractivity contribution in [2.45, 2.75) is 74.8 Å². The van der Waals surface area contributed by atoms with Crippen molar-refractivity contribution in [2.75, 3.05) is 36.0 Å². The molecular weight excluding hydrogens is 815 g/mol. The van der Waals surface area contributed by atoms with Gasteiger partial charge in [0.1, 0.15) is 0 Å². The summed E-state index contributed by atoms with van der Waals surface area (Å²) < 4.78 is 72.3. The monoisotopic (exact) mass is 865 g/mol. The number of carbonyl (C=O) groups excluding carboxylic acids is 1. The molecule has 1 atom stereocenters. The Morgan fingerprint density at radius 2 is 1.47 bits per heavy atom. The van der Waals surface area contributed by atoms with E-state index in [1.165, 1.54) is 23.9 Å². The molecule has 0 saturated carbocycles. The van der Waals surface area contributed by atoms with Crippen LogP contribution in [0.2, 0.25) is 5.02 Å². The van der Waals surface area contributed by atoms with Crippen molar-refractivity contribution in [3.05, 3.63) is 143 Å². The van der Waals surface area contributed by atoms with Crippen molar-refractivity contribution in [2.24, 2.45) is 0 Å². The normalized spacial score (nSPS) is 12.5. The highest BCUT2D eigenvalue weighted by molar-refractivity contribution is 7.99. The van der Waals surface area contributed by atoms with Crippen molar-refractivity contribution in [1.82, 2.24) is 14.9 Å². The van der Waals surface area contributed by atoms with Gasteiger partial charge in [0, 0.05) is 76.9 Å². The van der Waals surface area contributed by atoms with E-state index >= 15 is 0 Å². The predicted molar refractivity (Wildman–Crippen MR) is 236 cm³/mol. The van der Waals surface area contributed by atoms with E-state index in [4.69, 9.17) is 11.6 Å². The highest BCUT2D eigenvalue weighted by Gasteiger charge is 2.36. The zero-order valence-corrected chi connectivity index (χ0v) is 35.9. The lowest BCUT2D eigenvalue weighted by Gasteiger charge is -2.32.